The van der Waals surface area contributed by atoms with E-state index in [0.29, 0.717) is 12.2 Å². The van der Waals surface area contributed by atoms with Crippen LogP contribution in [0.25, 0.3) is 0 Å². The van der Waals surface area contributed by atoms with Gasteiger partial charge in [-0.25, -0.2) is 9.18 Å². The molecule has 0 heterocycles. The number of carbonyl (C=O) groups is 2. The summed E-state index contributed by atoms with van der Waals surface area (Å²) in [7, 11) is 1.36. The summed E-state index contributed by atoms with van der Waals surface area (Å²) in [5.41, 5.74) is -1.45. The molecule has 0 radical (unpaired) electrons. The van der Waals surface area contributed by atoms with E-state index in [1.54, 1.807) is 0 Å². The van der Waals surface area contributed by atoms with Gasteiger partial charge in [-0.1, -0.05) is 0 Å². The number of carbonyl (C=O) groups excluding carboxylic acids is 1. The number of ether oxygens (including phenoxy) is 2. The minimum absolute atomic E-state index is 0.119. The fourth-order valence-corrected chi connectivity index (χ4v) is 1.76. The van der Waals surface area contributed by atoms with Crippen LogP contribution in [0.4, 0.5) is 4.39 Å². The summed E-state index contributed by atoms with van der Waals surface area (Å²) >= 11 is 0. The van der Waals surface area contributed by atoms with Gasteiger partial charge in [0.05, 0.1) is 13.2 Å². The zero-order valence-corrected chi connectivity index (χ0v) is 12.6. The molecule has 0 aromatic heterocycles. The zero-order valence-electron chi connectivity index (χ0n) is 12.6. The van der Waals surface area contributed by atoms with E-state index >= 15 is 0 Å². The first-order valence-electron chi connectivity index (χ1n) is 6.79. The van der Waals surface area contributed by atoms with Gasteiger partial charge in [0, 0.05) is 13.5 Å². The monoisotopic (exact) mass is 313 g/mol. The smallest absolute Gasteiger partial charge is 0.331 e. The van der Waals surface area contributed by atoms with Gasteiger partial charge in [0.15, 0.2) is 5.54 Å². The molecule has 1 unspecified atom stereocenters. The van der Waals surface area contributed by atoms with Crippen LogP contribution in [0.15, 0.2) is 24.3 Å². The Bertz CT molecular complexity index is 505. The van der Waals surface area contributed by atoms with Gasteiger partial charge in [-0.05, 0) is 37.6 Å². The largest absolute Gasteiger partial charge is 0.494 e. The zero-order chi connectivity index (χ0) is 16.6. The topological polar surface area (TPSA) is 84.9 Å². The van der Waals surface area contributed by atoms with Crippen molar-refractivity contribution in [2.45, 2.75) is 25.3 Å². The average molecular weight is 313 g/mol. The van der Waals surface area contributed by atoms with Gasteiger partial charge >= 0.3 is 5.97 Å². The van der Waals surface area contributed by atoms with E-state index in [9.17, 15) is 14.0 Å². The first-order chi connectivity index (χ1) is 10.4. The van der Waals surface area contributed by atoms with Gasteiger partial charge in [0.25, 0.3) is 0 Å². The van der Waals surface area contributed by atoms with E-state index in [1.165, 1.54) is 38.3 Å². The number of nitrogens with one attached hydrogen (secondary N) is 1. The van der Waals surface area contributed by atoms with Crippen molar-refractivity contribution >= 4 is 11.9 Å². The summed E-state index contributed by atoms with van der Waals surface area (Å²) in [5.74, 6) is -1.40. The highest BCUT2D eigenvalue weighted by Gasteiger charge is 2.34. The number of carboxylic acids is 1. The Balaban J connectivity index is 2.33. The Morgan fingerprint density at radius 3 is 2.50 bits per heavy atom. The molecule has 0 spiro atoms. The predicted molar refractivity (Wildman–Crippen MR) is 77.2 cm³/mol. The second-order valence-corrected chi connectivity index (χ2v) is 5.02. The minimum Gasteiger partial charge on any atom is -0.494 e. The molecule has 0 saturated carbocycles. The maximum absolute atomic E-state index is 12.7. The molecule has 0 aliphatic carbocycles. The highest BCUT2D eigenvalue weighted by atomic mass is 19.1. The molecule has 122 valence electrons. The Morgan fingerprint density at radius 1 is 1.32 bits per heavy atom. The summed E-state index contributed by atoms with van der Waals surface area (Å²) in [4.78, 5) is 22.9. The SMILES string of the molecule is COCC(C)(NC(=O)CCCOc1ccc(F)cc1)C(=O)O. The Kier molecular flexibility index (Phi) is 6.78. The first-order valence-corrected chi connectivity index (χ1v) is 6.79. The summed E-state index contributed by atoms with van der Waals surface area (Å²) in [5, 5.41) is 11.5. The van der Waals surface area contributed by atoms with Crippen LogP contribution in [0.2, 0.25) is 0 Å². The van der Waals surface area contributed by atoms with Crippen molar-refractivity contribution in [2.75, 3.05) is 20.3 Å². The second kappa shape index (κ2) is 8.33. The van der Waals surface area contributed by atoms with Crippen molar-refractivity contribution in [3.63, 3.8) is 0 Å². The van der Waals surface area contributed by atoms with Gasteiger partial charge in [-0.15, -0.1) is 0 Å². The third-order valence-corrected chi connectivity index (χ3v) is 2.95. The molecule has 1 amide bonds. The molecule has 1 rings (SSSR count). The van der Waals surface area contributed by atoms with Crippen molar-refractivity contribution in [3.8, 4) is 5.75 Å². The Morgan fingerprint density at radius 2 is 1.95 bits per heavy atom. The number of hydrogen-bond donors (Lipinski definition) is 2. The number of carboxylic acid groups (broad SMARTS) is 1. The lowest BCUT2D eigenvalue weighted by Gasteiger charge is -2.25. The number of aliphatic carboxylic acids is 1. The molecule has 0 bridgehead atoms. The fraction of sp³-hybridized carbons (Fsp3) is 0.467. The van der Waals surface area contributed by atoms with Crippen LogP contribution in [-0.4, -0.2) is 42.8 Å². The normalized spacial score (nSPS) is 13.2. The molecule has 1 aromatic rings. The standard InChI is InChI=1S/C15H20FNO5/c1-15(10-21-2,14(19)20)17-13(18)4-3-9-22-12-7-5-11(16)6-8-12/h5-8H,3-4,9-10H2,1-2H3,(H,17,18)(H,19,20). The van der Waals surface area contributed by atoms with E-state index in [4.69, 9.17) is 14.6 Å². The number of amides is 1. The lowest BCUT2D eigenvalue weighted by atomic mass is 10.0. The maximum Gasteiger partial charge on any atom is 0.331 e. The van der Waals surface area contributed by atoms with Crippen LogP contribution in [0.3, 0.4) is 0 Å². The highest BCUT2D eigenvalue weighted by molar-refractivity contribution is 5.86. The molecule has 0 aliphatic heterocycles. The van der Waals surface area contributed by atoms with Crippen LogP contribution < -0.4 is 10.1 Å². The van der Waals surface area contributed by atoms with E-state index < -0.39 is 17.4 Å². The lowest BCUT2D eigenvalue weighted by Crippen LogP contribution is -2.55. The molecule has 0 aliphatic rings. The third kappa shape index (κ3) is 5.69. The van der Waals surface area contributed by atoms with Gasteiger partial charge in [0.1, 0.15) is 11.6 Å². The Hall–Kier alpha value is -2.15. The molecule has 6 nitrogen and oxygen atoms in total. The second-order valence-electron chi connectivity index (χ2n) is 5.02. The average Bonchev–Trinajstić information content (AvgIpc) is 2.45. The van der Waals surface area contributed by atoms with E-state index in [1.807, 2.05) is 0 Å². The van der Waals surface area contributed by atoms with Crippen molar-refractivity contribution in [2.24, 2.45) is 0 Å². The number of benzene rings is 1. The van der Waals surface area contributed by atoms with Crippen molar-refractivity contribution in [1.82, 2.24) is 5.32 Å². The van der Waals surface area contributed by atoms with E-state index in [2.05, 4.69) is 5.32 Å². The molecule has 2 N–H and O–H groups in total. The fourth-order valence-electron chi connectivity index (χ4n) is 1.76. The molecule has 1 aromatic carbocycles. The number of methoxy groups -OCH3 is 1. The minimum atomic E-state index is -1.45. The number of rotatable bonds is 9. The van der Waals surface area contributed by atoms with Crippen molar-refractivity contribution in [3.05, 3.63) is 30.1 Å². The lowest BCUT2D eigenvalue weighted by molar-refractivity contribution is -0.149. The molecule has 22 heavy (non-hydrogen) atoms. The van der Waals surface area contributed by atoms with Crippen molar-refractivity contribution < 1.29 is 28.6 Å². The first kappa shape index (κ1) is 17.9. The molecule has 7 heteroatoms. The Labute approximate surface area is 128 Å². The molecular formula is C15H20FNO5. The predicted octanol–water partition coefficient (Wildman–Crippen LogP) is 1.59. The van der Waals surface area contributed by atoms with Crippen LogP contribution in [0.1, 0.15) is 19.8 Å². The number of halogens is 1. The summed E-state index contributed by atoms with van der Waals surface area (Å²) in [6, 6.07) is 5.56. The molecule has 0 fully saturated rings. The summed E-state index contributed by atoms with van der Waals surface area (Å²) in [6.45, 7) is 1.53. The molecular weight excluding hydrogens is 293 g/mol. The van der Waals surface area contributed by atoms with Gasteiger partial charge in [0.2, 0.25) is 5.91 Å². The maximum atomic E-state index is 12.7. The van der Waals surface area contributed by atoms with E-state index in [0.717, 1.165) is 0 Å². The molecule has 1 atom stereocenters. The van der Waals surface area contributed by atoms with Crippen LogP contribution in [0.5, 0.6) is 5.75 Å². The van der Waals surface area contributed by atoms with Gasteiger partial charge in [-0.2, -0.15) is 0 Å². The summed E-state index contributed by atoms with van der Waals surface area (Å²) in [6.07, 6.45) is 0.527. The van der Waals surface area contributed by atoms with Gasteiger partial charge < -0.3 is 19.9 Å². The summed E-state index contributed by atoms with van der Waals surface area (Å²) < 4.78 is 22.9. The quantitative estimate of drug-likeness (QED) is 0.676. The van der Waals surface area contributed by atoms with Crippen molar-refractivity contribution in [1.29, 1.82) is 0 Å². The van der Waals surface area contributed by atoms with Crippen LogP contribution in [0, 0.1) is 5.82 Å². The molecule has 0 saturated heterocycles. The van der Waals surface area contributed by atoms with E-state index in [-0.39, 0.29) is 25.5 Å². The van der Waals surface area contributed by atoms with Gasteiger partial charge in [-0.3, -0.25) is 4.79 Å². The highest BCUT2D eigenvalue weighted by Crippen LogP contribution is 2.11. The van der Waals surface area contributed by atoms with Crippen LogP contribution in [-0.2, 0) is 14.3 Å². The van der Waals surface area contributed by atoms with Crippen LogP contribution >= 0.6 is 0 Å². The third-order valence-electron chi connectivity index (χ3n) is 2.95. The number of hydrogen-bond acceptors (Lipinski definition) is 4.